The zero-order valence-electron chi connectivity index (χ0n) is 25.6. The van der Waals surface area contributed by atoms with Crippen molar-refractivity contribution in [2.75, 3.05) is 4.90 Å². The Morgan fingerprint density at radius 1 is 0.479 bits per heavy atom. The average molecular weight is 635 g/mol. The standard InChI is InChI=1S/C43H26N2O2S/c1-2-12-27(13-3-1)29-14-4-7-18-34(29)45(35-19-11-23-40-42(35)31-15-5-9-22-39(31)48-40)28-24-25-30-38(26-28)46-37-21-10-16-32(41(30)37)43-44-33-17-6-8-20-36(33)47-43/h1-26H. The lowest BCUT2D eigenvalue weighted by atomic mass is 10.0. The van der Waals surface area contributed by atoms with Gasteiger partial charge in [0.2, 0.25) is 5.89 Å². The highest BCUT2D eigenvalue weighted by molar-refractivity contribution is 7.26. The van der Waals surface area contributed by atoms with Gasteiger partial charge in [-0.25, -0.2) is 4.98 Å². The molecule has 0 aliphatic rings. The number of hydrogen-bond acceptors (Lipinski definition) is 5. The van der Waals surface area contributed by atoms with Crippen LogP contribution < -0.4 is 4.90 Å². The normalized spacial score (nSPS) is 11.8. The Hall–Kier alpha value is -6.17. The number of furan rings is 1. The number of aromatic nitrogens is 1. The molecule has 0 unspecified atom stereocenters. The van der Waals surface area contributed by atoms with E-state index in [9.17, 15) is 0 Å². The van der Waals surface area contributed by atoms with Crippen molar-refractivity contribution in [2.24, 2.45) is 0 Å². The van der Waals surface area contributed by atoms with Gasteiger partial charge in [-0.05, 0) is 66.2 Å². The van der Waals surface area contributed by atoms with E-state index in [1.807, 2.05) is 47.7 Å². The van der Waals surface area contributed by atoms with Gasteiger partial charge >= 0.3 is 0 Å². The lowest BCUT2D eigenvalue weighted by Gasteiger charge is -2.28. The Balaban J connectivity index is 1.23. The second-order valence-electron chi connectivity index (χ2n) is 11.9. The minimum Gasteiger partial charge on any atom is -0.456 e. The van der Waals surface area contributed by atoms with E-state index in [0.29, 0.717) is 5.89 Å². The first kappa shape index (κ1) is 27.0. The molecule has 0 N–H and O–H groups in total. The van der Waals surface area contributed by atoms with Gasteiger partial charge in [-0.2, -0.15) is 0 Å². The molecular weight excluding hydrogens is 609 g/mol. The Morgan fingerprint density at radius 3 is 2.15 bits per heavy atom. The molecule has 7 aromatic carbocycles. The van der Waals surface area contributed by atoms with Crippen molar-refractivity contribution in [1.29, 1.82) is 0 Å². The summed E-state index contributed by atoms with van der Waals surface area (Å²) in [6.07, 6.45) is 0. The summed E-state index contributed by atoms with van der Waals surface area (Å²) in [6, 6.07) is 55.0. The van der Waals surface area contributed by atoms with Crippen LogP contribution in [0.4, 0.5) is 17.1 Å². The van der Waals surface area contributed by atoms with Crippen LogP contribution in [0.15, 0.2) is 167 Å². The molecule has 3 aromatic heterocycles. The molecule has 0 spiro atoms. The molecule has 0 amide bonds. The summed E-state index contributed by atoms with van der Waals surface area (Å²) < 4.78 is 15.4. The van der Waals surface area contributed by atoms with Crippen LogP contribution in [-0.2, 0) is 0 Å². The summed E-state index contributed by atoms with van der Waals surface area (Å²) in [5, 5.41) is 4.50. The molecule has 0 bridgehead atoms. The summed E-state index contributed by atoms with van der Waals surface area (Å²) in [5.74, 6) is 0.586. The van der Waals surface area contributed by atoms with E-state index in [1.54, 1.807) is 0 Å². The fourth-order valence-corrected chi connectivity index (χ4v) is 8.13. The van der Waals surface area contributed by atoms with Gasteiger partial charge in [0.25, 0.3) is 0 Å². The molecule has 3 heterocycles. The third kappa shape index (κ3) is 4.18. The molecule has 10 rings (SSSR count). The quantitative estimate of drug-likeness (QED) is 0.189. The molecule has 0 saturated carbocycles. The lowest BCUT2D eigenvalue weighted by Crippen LogP contribution is -2.11. The summed E-state index contributed by atoms with van der Waals surface area (Å²) in [4.78, 5) is 7.20. The van der Waals surface area contributed by atoms with Gasteiger partial charge in [-0.3, -0.25) is 0 Å². The van der Waals surface area contributed by atoms with Gasteiger partial charge in [0.15, 0.2) is 5.58 Å². The van der Waals surface area contributed by atoms with Gasteiger partial charge < -0.3 is 13.7 Å². The van der Waals surface area contributed by atoms with Gasteiger partial charge in [-0.1, -0.05) is 91.0 Å². The second-order valence-corrected chi connectivity index (χ2v) is 13.0. The first-order chi connectivity index (χ1) is 23.8. The third-order valence-corrected chi connectivity index (χ3v) is 10.3. The topological polar surface area (TPSA) is 42.4 Å². The maximum atomic E-state index is 6.61. The monoisotopic (exact) mass is 634 g/mol. The van der Waals surface area contributed by atoms with Crippen LogP contribution in [0.1, 0.15) is 0 Å². The van der Waals surface area contributed by atoms with E-state index >= 15 is 0 Å². The van der Waals surface area contributed by atoms with Crippen molar-refractivity contribution < 1.29 is 8.83 Å². The lowest BCUT2D eigenvalue weighted by molar-refractivity contribution is 0.620. The number of para-hydroxylation sites is 3. The minimum atomic E-state index is 0.586. The largest absolute Gasteiger partial charge is 0.456 e. The van der Waals surface area contributed by atoms with Crippen molar-refractivity contribution in [3.8, 4) is 22.6 Å². The van der Waals surface area contributed by atoms with Crippen LogP contribution in [0.5, 0.6) is 0 Å². The van der Waals surface area contributed by atoms with Crippen LogP contribution >= 0.6 is 11.3 Å². The van der Waals surface area contributed by atoms with E-state index < -0.39 is 0 Å². The molecule has 0 aliphatic heterocycles. The zero-order chi connectivity index (χ0) is 31.6. The number of thiophene rings is 1. The summed E-state index contributed by atoms with van der Waals surface area (Å²) in [6.45, 7) is 0. The Bertz CT molecular complexity index is 2780. The van der Waals surface area contributed by atoms with E-state index in [4.69, 9.17) is 13.8 Å². The average Bonchev–Trinajstić information content (AvgIpc) is 3.85. The van der Waals surface area contributed by atoms with Crippen molar-refractivity contribution in [1.82, 2.24) is 4.98 Å². The number of oxazole rings is 1. The summed E-state index contributed by atoms with van der Waals surface area (Å²) >= 11 is 1.83. The van der Waals surface area contributed by atoms with E-state index in [1.165, 1.54) is 20.2 Å². The number of hydrogen-bond donors (Lipinski definition) is 0. The van der Waals surface area contributed by atoms with Crippen molar-refractivity contribution >= 4 is 81.6 Å². The molecule has 226 valence electrons. The van der Waals surface area contributed by atoms with Crippen molar-refractivity contribution in [3.63, 3.8) is 0 Å². The Morgan fingerprint density at radius 2 is 1.21 bits per heavy atom. The maximum absolute atomic E-state index is 6.61. The SMILES string of the molecule is c1ccc(-c2ccccc2N(c2ccc3c(c2)oc2cccc(-c4nc5ccccc5o4)c23)c2cccc3sc4ccccc4c23)cc1. The summed E-state index contributed by atoms with van der Waals surface area (Å²) in [5.41, 5.74) is 9.65. The van der Waals surface area contributed by atoms with Crippen LogP contribution in [0.2, 0.25) is 0 Å². The minimum absolute atomic E-state index is 0.586. The molecule has 0 radical (unpaired) electrons. The first-order valence-corrected chi connectivity index (χ1v) is 16.8. The molecule has 4 nitrogen and oxygen atoms in total. The van der Waals surface area contributed by atoms with Gasteiger partial charge in [0, 0.05) is 53.8 Å². The predicted molar refractivity (Wildman–Crippen MR) is 200 cm³/mol. The molecule has 0 aliphatic carbocycles. The predicted octanol–water partition coefficient (Wildman–Crippen LogP) is 12.9. The number of fused-ring (bicyclic) bond motifs is 7. The highest BCUT2D eigenvalue weighted by Crippen LogP contribution is 2.48. The van der Waals surface area contributed by atoms with Gasteiger partial charge in [0.1, 0.15) is 16.7 Å². The molecule has 5 heteroatoms. The molecule has 10 aromatic rings. The molecule has 0 fully saturated rings. The Kier molecular flexibility index (Phi) is 6.01. The molecular formula is C43H26N2O2S. The fraction of sp³-hybridized carbons (Fsp3) is 0. The number of rotatable bonds is 5. The maximum Gasteiger partial charge on any atom is 0.228 e. The number of benzene rings is 7. The smallest absolute Gasteiger partial charge is 0.228 e. The van der Waals surface area contributed by atoms with E-state index in [-0.39, 0.29) is 0 Å². The van der Waals surface area contributed by atoms with E-state index in [2.05, 4.69) is 126 Å². The highest BCUT2D eigenvalue weighted by atomic mass is 32.1. The van der Waals surface area contributed by atoms with Crippen LogP contribution in [0, 0.1) is 0 Å². The zero-order valence-corrected chi connectivity index (χ0v) is 26.4. The van der Waals surface area contributed by atoms with Crippen LogP contribution in [-0.4, -0.2) is 4.98 Å². The first-order valence-electron chi connectivity index (χ1n) is 16.0. The van der Waals surface area contributed by atoms with Gasteiger partial charge in [-0.15, -0.1) is 11.3 Å². The molecule has 0 saturated heterocycles. The third-order valence-electron chi connectivity index (χ3n) is 9.11. The molecule has 48 heavy (non-hydrogen) atoms. The fourth-order valence-electron chi connectivity index (χ4n) is 7.00. The Labute approximate surface area is 279 Å². The van der Waals surface area contributed by atoms with Gasteiger partial charge in [0.05, 0.1) is 11.4 Å². The van der Waals surface area contributed by atoms with Crippen LogP contribution in [0.25, 0.3) is 75.8 Å². The highest BCUT2D eigenvalue weighted by Gasteiger charge is 2.23. The summed E-state index contributed by atoms with van der Waals surface area (Å²) in [7, 11) is 0. The number of anilines is 3. The molecule has 0 atom stereocenters. The van der Waals surface area contributed by atoms with Crippen LogP contribution in [0.3, 0.4) is 0 Å². The number of nitrogens with zero attached hydrogens (tertiary/aromatic N) is 2. The van der Waals surface area contributed by atoms with E-state index in [0.717, 1.165) is 66.8 Å². The van der Waals surface area contributed by atoms with Crippen molar-refractivity contribution in [2.45, 2.75) is 0 Å². The second kappa shape index (κ2) is 10.7. The van der Waals surface area contributed by atoms with Crippen molar-refractivity contribution in [3.05, 3.63) is 158 Å².